The Kier molecular flexibility index (Phi) is 3.59. The minimum atomic E-state index is -0.162. The average Bonchev–Trinajstić information content (AvgIpc) is 2.67. The van der Waals surface area contributed by atoms with Crippen LogP contribution in [0.3, 0.4) is 0 Å². The summed E-state index contributed by atoms with van der Waals surface area (Å²) in [6.07, 6.45) is 0. The molecule has 2 aromatic heterocycles. The average molecular weight is 375 g/mol. The zero-order valence-electron chi connectivity index (χ0n) is 10.7. The van der Waals surface area contributed by atoms with E-state index in [4.69, 9.17) is 0 Å². The molecule has 1 N–H and O–H groups in total. The molecule has 96 valence electrons. The largest absolute Gasteiger partial charge is 0.304 e. The zero-order valence-corrected chi connectivity index (χ0v) is 13.6. The second-order valence-corrected chi connectivity index (χ2v) is 7.22. The summed E-state index contributed by atoms with van der Waals surface area (Å²) < 4.78 is 0.649. The predicted octanol–water partition coefficient (Wildman–Crippen LogP) is 3.10. The van der Waals surface area contributed by atoms with Gasteiger partial charge in [-0.25, -0.2) is 9.97 Å². The first kappa shape index (κ1) is 13.7. The molecule has 0 aliphatic rings. The Bertz CT molecular complexity index is 640. The molecule has 6 heteroatoms. The number of rotatable bonds is 1. The molecule has 0 spiro atoms. The van der Waals surface area contributed by atoms with Crippen LogP contribution < -0.4 is 5.56 Å². The van der Waals surface area contributed by atoms with Crippen molar-refractivity contribution in [2.45, 2.75) is 33.1 Å². The normalized spacial score (nSPS) is 11.8. The van der Waals surface area contributed by atoms with E-state index in [9.17, 15) is 4.79 Å². The standard InChI is InChI=1S/C12H14IN3OS/c1-6-14-7(5-18-6)10-15-9(12(2,3)4)8(13)11(17)16-10/h5H,1-4H3,(H,15,16,17). The molecule has 0 saturated carbocycles. The number of aromatic amines is 1. The Hall–Kier alpha value is -0.760. The fourth-order valence-corrected chi connectivity index (χ4v) is 3.21. The highest BCUT2D eigenvalue weighted by Gasteiger charge is 2.22. The minimum absolute atomic E-state index is 0.101. The summed E-state index contributed by atoms with van der Waals surface area (Å²) in [7, 11) is 0. The highest BCUT2D eigenvalue weighted by molar-refractivity contribution is 14.1. The monoisotopic (exact) mass is 375 g/mol. The minimum Gasteiger partial charge on any atom is -0.304 e. The number of nitrogens with zero attached hydrogens (tertiary/aromatic N) is 2. The number of aryl methyl sites for hydroxylation is 1. The van der Waals surface area contributed by atoms with Crippen LogP contribution in [-0.4, -0.2) is 15.0 Å². The van der Waals surface area contributed by atoms with Crippen LogP contribution >= 0.6 is 33.9 Å². The molecule has 2 heterocycles. The van der Waals surface area contributed by atoms with E-state index in [2.05, 4.69) is 15.0 Å². The van der Waals surface area contributed by atoms with E-state index in [1.54, 1.807) is 11.3 Å². The molecule has 0 bridgehead atoms. The molecule has 4 nitrogen and oxygen atoms in total. The number of thiazole rings is 1. The van der Waals surface area contributed by atoms with Gasteiger partial charge in [-0.05, 0) is 29.5 Å². The first-order chi connectivity index (χ1) is 8.29. The molecule has 0 saturated heterocycles. The number of nitrogens with one attached hydrogen (secondary N) is 1. The second-order valence-electron chi connectivity index (χ2n) is 5.08. The van der Waals surface area contributed by atoms with Crippen molar-refractivity contribution in [3.63, 3.8) is 0 Å². The molecule has 0 fully saturated rings. The Morgan fingerprint density at radius 2 is 2.00 bits per heavy atom. The molecule has 0 aliphatic carbocycles. The topological polar surface area (TPSA) is 58.6 Å². The number of hydrogen-bond donors (Lipinski definition) is 1. The summed E-state index contributed by atoms with van der Waals surface area (Å²) in [5.74, 6) is 0.551. The van der Waals surface area contributed by atoms with Gasteiger partial charge in [-0.2, -0.15) is 0 Å². The van der Waals surface area contributed by atoms with E-state index >= 15 is 0 Å². The van der Waals surface area contributed by atoms with Gasteiger partial charge in [-0.1, -0.05) is 20.8 Å². The van der Waals surface area contributed by atoms with Gasteiger partial charge in [-0.3, -0.25) is 4.79 Å². The summed E-state index contributed by atoms with van der Waals surface area (Å²) in [4.78, 5) is 23.7. The van der Waals surface area contributed by atoms with Crippen LogP contribution in [0, 0.1) is 10.5 Å². The Morgan fingerprint density at radius 3 is 2.50 bits per heavy atom. The maximum absolute atomic E-state index is 12.0. The Morgan fingerprint density at radius 1 is 1.33 bits per heavy atom. The van der Waals surface area contributed by atoms with E-state index in [0.29, 0.717) is 9.39 Å². The van der Waals surface area contributed by atoms with E-state index in [1.807, 2.05) is 55.7 Å². The third kappa shape index (κ3) is 2.64. The lowest BCUT2D eigenvalue weighted by Gasteiger charge is -2.19. The maximum atomic E-state index is 12.0. The van der Waals surface area contributed by atoms with Gasteiger partial charge in [0.15, 0.2) is 5.82 Å². The van der Waals surface area contributed by atoms with E-state index in [-0.39, 0.29) is 11.0 Å². The quantitative estimate of drug-likeness (QED) is 0.780. The van der Waals surface area contributed by atoms with Gasteiger partial charge in [0.25, 0.3) is 5.56 Å². The summed E-state index contributed by atoms with van der Waals surface area (Å²) in [5.41, 5.74) is 1.28. The first-order valence-corrected chi connectivity index (χ1v) is 7.47. The second kappa shape index (κ2) is 4.73. The smallest absolute Gasteiger partial charge is 0.264 e. The predicted molar refractivity (Wildman–Crippen MR) is 82.1 cm³/mol. The van der Waals surface area contributed by atoms with Gasteiger partial charge in [-0.15, -0.1) is 11.3 Å². The van der Waals surface area contributed by atoms with Crippen molar-refractivity contribution in [1.29, 1.82) is 0 Å². The fraction of sp³-hybridized carbons (Fsp3) is 0.417. The summed E-state index contributed by atoms with van der Waals surface area (Å²) in [5, 5.41) is 2.87. The number of hydrogen-bond acceptors (Lipinski definition) is 4. The van der Waals surface area contributed by atoms with Gasteiger partial charge in [0.1, 0.15) is 9.26 Å². The van der Waals surface area contributed by atoms with Gasteiger partial charge < -0.3 is 4.98 Å². The van der Waals surface area contributed by atoms with Crippen LogP contribution in [0.25, 0.3) is 11.5 Å². The van der Waals surface area contributed by atoms with Crippen molar-refractivity contribution >= 4 is 33.9 Å². The zero-order chi connectivity index (χ0) is 13.5. The highest BCUT2D eigenvalue weighted by Crippen LogP contribution is 2.25. The maximum Gasteiger partial charge on any atom is 0.264 e. The van der Waals surface area contributed by atoms with Crippen molar-refractivity contribution in [2.24, 2.45) is 0 Å². The Labute approximate surface area is 123 Å². The molecule has 0 atom stereocenters. The first-order valence-electron chi connectivity index (χ1n) is 5.52. The molecule has 0 aliphatic heterocycles. The summed E-state index contributed by atoms with van der Waals surface area (Å²) in [6, 6.07) is 0. The lowest BCUT2D eigenvalue weighted by atomic mass is 9.92. The van der Waals surface area contributed by atoms with Crippen molar-refractivity contribution in [3.8, 4) is 11.5 Å². The Balaban J connectivity index is 2.65. The molecule has 18 heavy (non-hydrogen) atoms. The van der Waals surface area contributed by atoms with Crippen LogP contribution in [-0.2, 0) is 5.41 Å². The molecular formula is C12H14IN3OS. The number of halogens is 1. The molecule has 0 amide bonds. The van der Waals surface area contributed by atoms with Crippen LogP contribution in [0.5, 0.6) is 0 Å². The van der Waals surface area contributed by atoms with Crippen LogP contribution in [0.15, 0.2) is 10.2 Å². The van der Waals surface area contributed by atoms with Crippen LogP contribution in [0.1, 0.15) is 31.5 Å². The van der Waals surface area contributed by atoms with Crippen molar-refractivity contribution < 1.29 is 0 Å². The summed E-state index contributed by atoms with van der Waals surface area (Å²) >= 11 is 3.59. The van der Waals surface area contributed by atoms with Crippen LogP contribution in [0.2, 0.25) is 0 Å². The number of aromatic nitrogens is 3. The van der Waals surface area contributed by atoms with Gasteiger partial charge in [0.05, 0.1) is 10.7 Å². The van der Waals surface area contributed by atoms with E-state index in [1.165, 1.54) is 0 Å². The molecule has 0 radical (unpaired) electrons. The van der Waals surface area contributed by atoms with Crippen molar-refractivity contribution in [1.82, 2.24) is 15.0 Å². The molecule has 2 aromatic rings. The SMILES string of the molecule is Cc1nc(-c2nc(C(C)(C)C)c(I)c(=O)[nH]2)cs1. The fourth-order valence-electron chi connectivity index (χ4n) is 1.55. The molecule has 2 rings (SSSR count). The van der Waals surface area contributed by atoms with Gasteiger partial charge in [0, 0.05) is 10.8 Å². The van der Waals surface area contributed by atoms with Gasteiger partial charge >= 0.3 is 0 Å². The third-order valence-corrected chi connectivity index (χ3v) is 4.21. The lowest BCUT2D eigenvalue weighted by Crippen LogP contribution is -2.24. The van der Waals surface area contributed by atoms with E-state index < -0.39 is 0 Å². The van der Waals surface area contributed by atoms with Gasteiger partial charge in [0.2, 0.25) is 0 Å². The van der Waals surface area contributed by atoms with Crippen LogP contribution in [0.4, 0.5) is 0 Å². The summed E-state index contributed by atoms with van der Waals surface area (Å²) in [6.45, 7) is 8.08. The van der Waals surface area contributed by atoms with Crippen molar-refractivity contribution in [3.05, 3.63) is 30.0 Å². The molecule has 0 unspecified atom stereocenters. The molecular weight excluding hydrogens is 361 g/mol. The van der Waals surface area contributed by atoms with E-state index in [0.717, 1.165) is 16.4 Å². The third-order valence-electron chi connectivity index (χ3n) is 2.43. The van der Waals surface area contributed by atoms with Crippen molar-refractivity contribution in [2.75, 3.05) is 0 Å². The number of H-pyrrole nitrogens is 1. The molecule has 0 aromatic carbocycles. The highest BCUT2D eigenvalue weighted by atomic mass is 127. The lowest BCUT2D eigenvalue weighted by molar-refractivity contribution is 0.562.